The molecule has 3 N–H and O–H groups in total. The monoisotopic (exact) mass is 371 g/mol. The maximum atomic E-state index is 12.3. The van der Waals surface area contributed by atoms with Crippen LogP contribution in [0.15, 0.2) is 0 Å². The van der Waals surface area contributed by atoms with Crippen LogP contribution in [0.3, 0.4) is 0 Å². The zero-order valence-corrected chi connectivity index (χ0v) is 15.8. The van der Waals surface area contributed by atoms with Crippen LogP contribution in [-0.2, 0) is 28.5 Å². The number of amides is 2. The third-order valence-electron chi connectivity index (χ3n) is 5.19. The summed E-state index contributed by atoms with van der Waals surface area (Å²) in [4.78, 5) is 26.1. The van der Waals surface area contributed by atoms with E-state index in [1.54, 1.807) is 4.90 Å². The van der Waals surface area contributed by atoms with Crippen molar-refractivity contribution in [2.45, 2.75) is 69.5 Å². The number of piperidine rings is 1. The summed E-state index contributed by atoms with van der Waals surface area (Å²) in [5, 5.41) is 2.65. The van der Waals surface area contributed by atoms with Crippen molar-refractivity contribution >= 4 is 11.8 Å². The molecule has 3 aliphatic rings. The molecule has 3 aliphatic heterocycles. The molecule has 3 heterocycles. The van der Waals surface area contributed by atoms with Gasteiger partial charge in [0.15, 0.2) is 12.1 Å². The number of nitrogens with zero attached hydrogens (tertiary/aromatic N) is 1. The van der Waals surface area contributed by atoms with E-state index in [0.29, 0.717) is 25.9 Å². The minimum absolute atomic E-state index is 0.146. The molecule has 0 saturated carbocycles. The molecule has 3 fully saturated rings. The molecule has 3 saturated heterocycles. The average molecular weight is 371 g/mol. The van der Waals surface area contributed by atoms with Crippen molar-refractivity contribution < 1.29 is 28.5 Å². The molecule has 0 aromatic carbocycles. The van der Waals surface area contributed by atoms with E-state index < -0.39 is 30.0 Å². The normalized spacial score (nSPS) is 35.2. The van der Waals surface area contributed by atoms with Crippen molar-refractivity contribution in [3.8, 4) is 0 Å². The second-order valence-corrected chi connectivity index (χ2v) is 8.00. The maximum absolute atomic E-state index is 12.3. The molecule has 9 nitrogen and oxygen atoms in total. The van der Waals surface area contributed by atoms with Crippen molar-refractivity contribution in [3.63, 3.8) is 0 Å². The van der Waals surface area contributed by atoms with Gasteiger partial charge in [-0.2, -0.15) is 0 Å². The molecule has 4 unspecified atom stereocenters. The number of ether oxygens (including phenoxy) is 4. The Morgan fingerprint density at radius 1 is 1.19 bits per heavy atom. The summed E-state index contributed by atoms with van der Waals surface area (Å²) in [6.07, 6.45) is -0.384. The largest absolute Gasteiger partial charge is 0.353 e. The van der Waals surface area contributed by atoms with Gasteiger partial charge in [0.25, 0.3) is 0 Å². The van der Waals surface area contributed by atoms with E-state index in [4.69, 9.17) is 24.7 Å². The van der Waals surface area contributed by atoms with E-state index in [1.165, 1.54) is 7.11 Å². The first-order chi connectivity index (χ1) is 12.1. The quantitative estimate of drug-likeness (QED) is 0.633. The Hall–Kier alpha value is -1.26. The lowest BCUT2D eigenvalue weighted by Crippen LogP contribution is -2.53. The Morgan fingerprint density at radius 3 is 2.42 bits per heavy atom. The van der Waals surface area contributed by atoms with Gasteiger partial charge in [-0.25, -0.2) is 0 Å². The molecule has 0 bridgehead atoms. The highest BCUT2D eigenvalue weighted by Gasteiger charge is 2.55. The molecule has 0 aromatic rings. The molecule has 0 radical (unpaired) electrons. The lowest BCUT2D eigenvalue weighted by molar-refractivity contribution is -0.226. The van der Waals surface area contributed by atoms with Gasteiger partial charge in [0, 0.05) is 32.3 Å². The van der Waals surface area contributed by atoms with Crippen LogP contribution in [0.4, 0.5) is 0 Å². The SMILES string of the molecule is COC1OC(CNC(=O)C(=O)N2CCC(C)(N)CC2)C2OC(C)(C)OC12. The highest BCUT2D eigenvalue weighted by molar-refractivity contribution is 6.35. The maximum Gasteiger partial charge on any atom is 0.311 e. The van der Waals surface area contributed by atoms with Gasteiger partial charge >= 0.3 is 11.8 Å². The van der Waals surface area contributed by atoms with E-state index in [2.05, 4.69) is 5.32 Å². The van der Waals surface area contributed by atoms with E-state index in [9.17, 15) is 9.59 Å². The van der Waals surface area contributed by atoms with Crippen molar-refractivity contribution in [2.75, 3.05) is 26.7 Å². The molecule has 3 rings (SSSR count). The van der Waals surface area contributed by atoms with Gasteiger partial charge < -0.3 is 34.9 Å². The van der Waals surface area contributed by atoms with Crippen LogP contribution in [0.5, 0.6) is 0 Å². The fraction of sp³-hybridized carbons (Fsp3) is 0.882. The Kier molecular flexibility index (Phi) is 5.28. The van der Waals surface area contributed by atoms with E-state index in [1.807, 2.05) is 20.8 Å². The summed E-state index contributed by atoms with van der Waals surface area (Å²) in [7, 11) is 1.53. The zero-order chi connectivity index (χ0) is 19.1. The third-order valence-corrected chi connectivity index (χ3v) is 5.19. The topological polar surface area (TPSA) is 112 Å². The first-order valence-electron chi connectivity index (χ1n) is 9.02. The van der Waals surface area contributed by atoms with Gasteiger partial charge in [-0.15, -0.1) is 0 Å². The summed E-state index contributed by atoms with van der Waals surface area (Å²) < 4.78 is 22.7. The number of methoxy groups -OCH3 is 1. The Morgan fingerprint density at radius 2 is 1.81 bits per heavy atom. The highest BCUT2D eigenvalue weighted by Crippen LogP contribution is 2.38. The van der Waals surface area contributed by atoms with Gasteiger partial charge in [-0.3, -0.25) is 9.59 Å². The van der Waals surface area contributed by atoms with Crippen molar-refractivity contribution in [1.82, 2.24) is 10.2 Å². The molecule has 26 heavy (non-hydrogen) atoms. The van der Waals surface area contributed by atoms with Crippen molar-refractivity contribution in [2.24, 2.45) is 5.73 Å². The smallest absolute Gasteiger partial charge is 0.311 e. The predicted molar refractivity (Wildman–Crippen MR) is 90.9 cm³/mol. The molecule has 2 amide bonds. The molecule has 4 atom stereocenters. The molecule has 9 heteroatoms. The number of nitrogens with one attached hydrogen (secondary N) is 1. The van der Waals surface area contributed by atoms with E-state index in [-0.39, 0.29) is 24.3 Å². The predicted octanol–water partition coefficient (Wildman–Crippen LogP) is -0.666. The van der Waals surface area contributed by atoms with E-state index in [0.717, 1.165) is 0 Å². The first kappa shape index (κ1) is 19.5. The number of rotatable bonds is 3. The minimum atomic E-state index is -0.739. The molecule has 0 spiro atoms. The summed E-state index contributed by atoms with van der Waals surface area (Å²) in [6.45, 7) is 6.71. The molecular weight excluding hydrogens is 342 g/mol. The van der Waals surface area contributed by atoms with Crippen LogP contribution >= 0.6 is 0 Å². The number of carbonyl (C=O) groups excluding carboxylic acids is 2. The van der Waals surface area contributed by atoms with Crippen LogP contribution < -0.4 is 11.1 Å². The van der Waals surface area contributed by atoms with Crippen molar-refractivity contribution in [3.05, 3.63) is 0 Å². The van der Waals surface area contributed by atoms with E-state index >= 15 is 0 Å². The summed E-state index contributed by atoms with van der Waals surface area (Å²) in [6, 6.07) is 0. The third kappa shape index (κ3) is 4.01. The Bertz CT molecular complexity index is 557. The molecule has 148 valence electrons. The lowest BCUT2D eigenvalue weighted by atomic mass is 9.91. The number of nitrogens with two attached hydrogens (primary N) is 1. The fourth-order valence-corrected chi connectivity index (χ4v) is 3.63. The molecular formula is C17H29N3O6. The van der Waals surface area contributed by atoms with Crippen LogP contribution in [-0.4, -0.2) is 79.4 Å². The van der Waals surface area contributed by atoms with Crippen LogP contribution in [0.25, 0.3) is 0 Å². The van der Waals surface area contributed by atoms with Crippen LogP contribution in [0.2, 0.25) is 0 Å². The van der Waals surface area contributed by atoms with Crippen LogP contribution in [0.1, 0.15) is 33.6 Å². The number of fused-ring (bicyclic) bond motifs is 1. The van der Waals surface area contributed by atoms with Gasteiger partial charge in [0.2, 0.25) is 0 Å². The van der Waals surface area contributed by atoms with Crippen LogP contribution in [0, 0.1) is 0 Å². The first-order valence-corrected chi connectivity index (χ1v) is 9.02. The number of likely N-dealkylation sites (tertiary alicyclic amines) is 1. The average Bonchev–Trinajstić information content (AvgIpc) is 3.05. The Balaban J connectivity index is 1.52. The summed E-state index contributed by atoms with van der Waals surface area (Å²) >= 11 is 0. The Labute approximate surface area is 153 Å². The standard InChI is InChI=1S/C17H29N3O6/c1-16(2)25-11-10(24-15(23-4)12(11)26-16)9-19-13(21)14(22)20-7-5-17(3,18)6-8-20/h10-12,15H,5-9,18H2,1-4H3,(H,19,21). The second kappa shape index (κ2) is 7.05. The lowest BCUT2D eigenvalue weighted by Gasteiger charge is -2.36. The highest BCUT2D eigenvalue weighted by atomic mass is 16.8. The van der Waals surface area contributed by atoms with Crippen molar-refractivity contribution in [1.29, 1.82) is 0 Å². The zero-order valence-electron chi connectivity index (χ0n) is 15.8. The molecule has 0 aromatic heterocycles. The fourth-order valence-electron chi connectivity index (χ4n) is 3.63. The van der Waals surface area contributed by atoms with Gasteiger partial charge in [0.05, 0.1) is 0 Å². The number of hydrogen-bond donors (Lipinski definition) is 2. The van der Waals surface area contributed by atoms with Gasteiger partial charge in [-0.1, -0.05) is 0 Å². The number of carbonyl (C=O) groups is 2. The summed E-state index contributed by atoms with van der Waals surface area (Å²) in [5.74, 6) is -1.93. The number of hydrogen-bond acceptors (Lipinski definition) is 7. The summed E-state index contributed by atoms with van der Waals surface area (Å²) in [5.41, 5.74) is 5.79. The second-order valence-electron chi connectivity index (χ2n) is 8.00. The molecule has 0 aliphatic carbocycles. The van der Waals surface area contributed by atoms with Gasteiger partial charge in [0.1, 0.15) is 18.3 Å². The minimum Gasteiger partial charge on any atom is -0.353 e. The van der Waals surface area contributed by atoms with Gasteiger partial charge in [-0.05, 0) is 33.6 Å².